The lowest BCUT2D eigenvalue weighted by molar-refractivity contribution is -0.385. The van der Waals surface area contributed by atoms with E-state index in [0.717, 1.165) is 25.1 Å². The lowest BCUT2D eigenvalue weighted by Crippen LogP contribution is -2.15. The van der Waals surface area contributed by atoms with Crippen molar-refractivity contribution in [2.24, 2.45) is 5.92 Å². The smallest absolute Gasteiger partial charge is 0.311 e. The Kier molecular flexibility index (Phi) is 3.58. The average molecular weight is 236 g/mol. The number of nitrogens with one attached hydrogen (secondary N) is 1. The molecule has 0 unspecified atom stereocenters. The molecule has 5 nitrogen and oxygen atoms in total. The lowest BCUT2D eigenvalue weighted by atomic mass is 10.1. The highest BCUT2D eigenvalue weighted by Gasteiger charge is 2.19. The summed E-state index contributed by atoms with van der Waals surface area (Å²) in [6.45, 7) is 4.30. The van der Waals surface area contributed by atoms with Gasteiger partial charge in [-0.05, 0) is 31.5 Å². The van der Waals surface area contributed by atoms with Crippen molar-refractivity contribution in [3.05, 3.63) is 33.9 Å². The van der Waals surface area contributed by atoms with Crippen LogP contribution in [-0.4, -0.2) is 24.6 Å². The topological polar surface area (TPSA) is 64.4 Å². The molecule has 0 spiro atoms. The van der Waals surface area contributed by atoms with Gasteiger partial charge in [-0.15, -0.1) is 0 Å². The van der Waals surface area contributed by atoms with Crippen LogP contribution in [0.4, 0.5) is 5.69 Å². The quantitative estimate of drug-likeness (QED) is 0.640. The van der Waals surface area contributed by atoms with Crippen LogP contribution in [0.2, 0.25) is 0 Å². The third kappa shape index (κ3) is 2.94. The van der Waals surface area contributed by atoms with E-state index in [4.69, 9.17) is 4.74 Å². The zero-order valence-electron chi connectivity index (χ0n) is 9.81. The van der Waals surface area contributed by atoms with Gasteiger partial charge in [0.1, 0.15) is 0 Å². The summed E-state index contributed by atoms with van der Waals surface area (Å²) in [5.74, 6) is 0.823. The van der Waals surface area contributed by atoms with E-state index in [9.17, 15) is 10.1 Å². The van der Waals surface area contributed by atoms with E-state index in [1.54, 1.807) is 12.1 Å². The number of nitro benzene ring substituents is 1. The molecule has 1 aliphatic heterocycles. The predicted octanol–water partition coefficient (Wildman–Crippen LogP) is 1.89. The van der Waals surface area contributed by atoms with Gasteiger partial charge in [-0.25, -0.2) is 0 Å². The minimum absolute atomic E-state index is 0.0518. The van der Waals surface area contributed by atoms with Crippen molar-refractivity contribution in [1.82, 2.24) is 5.32 Å². The molecule has 1 fully saturated rings. The maximum absolute atomic E-state index is 10.9. The first kappa shape index (κ1) is 11.9. The highest BCUT2D eigenvalue weighted by Crippen LogP contribution is 2.28. The standard InChI is InChI=1S/C12H16N2O3/c1-9-2-3-12(11(6-9)14(15)16)17-8-10-4-5-13-7-10/h2-3,6,10,13H,4-5,7-8H2,1H3/t10-/m1/s1. The summed E-state index contributed by atoms with van der Waals surface area (Å²) in [7, 11) is 0. The van der Waals surface area contributed by atoms with Crippen molar-refractivity contribution in [2.75, 3.05) is 19.7 Å². The number of rotatable bonds is 4. The average Bonchev–Trinajstić information content (AvgIpc) is 2.80. The van der Waals surface area contributed by atoms with Gasteiger partial charge < -0.3 is 10.1 Å². The second-order valence-electron chi connectivity index (χ2n) is 4.40. The van der Waals surface area contributed by atoms with Crippen molar-refractivity contribution in [3.63, 3.8) is 0 Å². The van der Waals surface area contributed by atoms with Gasteiger partial charge in [0, 0.05) is 18.5 Å². The highest BCUT2D eigenvalue weighted by atomic mass is 16.6. The lowest BCUT2D eigenvalue weighted by Gasteiger charge is -2.11. The molecule has 0 radical (unpaired) electrons. The number of ether oxygens (including phenoxy) is 1. The molecule has 1 N–H and O–H groups in total. The summed E-state index contributed by atoms with van der Waals surface area (Å²) < 4.78 is 5.56. The minimum atomic E-state index is -0.394. The second-order valence-corrected chi connectivity index (χ2v) is 4.40. The Morgan fingerprint density at radius 1 is 1.59 bits per heavy atom. The van der Waals surface area contributed by atoms with Crippen LogP contribution in [0.5, 0.6) is 5.75 Å². The summed E-state index contributed by atoms with van der Waals surface area (Å²) in [4.78, 5) is 10.5. The highest BCUT2D eigenvalue weighted by molar-refractivity contribution is 5.48. The van der Waals surface area contributed by atoms with Crippen LogP contribution in [0, 0.1) is 23.0 Å². The monoisotopic (exact) mass is 236 g/mol. The zero-order chi connectivity index (χ0) is 12.3. The normalized spacial score (nSPS) is 19.2. The Bertz CT molecular complexity index is 414. The van der Waals surface area contributed by atoms with E-state index in [0.29, 0.717) is 18.3 Å². The van der Waals surface area contributed by atoms with Gasteiger partial charge in [-0.1, -0.05) is 6.07 Å². The van der Waals surface area contributed by atoms with Gasteiger partial charge in [0.15, 0.2) is 5.75 Å². The molecule has 17 heavy (non-hydrogen) atoms. The molecule has 0 aromatic heterocycles. The predicted molar refractivity (Wildman–Crippen MR) is 64.3 cm³/mol. The molecule has 1 aromatic carbocycles. The second kappa shape index (κ2) is 5.14. The molecule has 5 heteroatoms. The molecular weight excluding hydrogens is 220 g/mol. The molecule has 92 valence electrons. The fraction of sp³-hybridized carbons (Fsp3) is 0.500. The molecule has 0 bridgehead atoms. The summed E-state index contributed by atoms with van der Waals surface area (Å²) in [5, 5.41) is 14.1. The van der Waals surface area contributed by atoms with Gasteiger partial charge in [0.05, 0.1) is 11.5 Å². The zero-order valence-corrected chi connectivity index (χ0v) is 9.81. The molecule has 0 aliphatic carbocycles. The minimum Gasteiger partial charge on any atom is -0.486 e. The van der Waals surface area contributed by atoms with Crippen LogP contribution in [0.15, 0.2) is 18.2 Å². The Labute approximate surface area is 99.9 Å². The molecule has 2 rings (SSSR count). The van der Waals surface area contributed by atoms with Crippen LogP contribution in [-0.2, 0) is 0 Å². The van der Waals surface area contributed by atoms with Gasteiger partial charge in [-0.2, -0.15) is 0 Å². The van der Waals surface area contributed by atoms with Gasteiger partial charge in [0.25, 0.3) is 0 Å². The molecule has 1 aliphatic rings. The molecular formula is C12H16N2O3. The molecule has 1 saturated heterocycles. The van der Waals surface area contributed by atoms with Gasteiger partial charge in [-0.3, -0.25) is 10.1 Å². The summed E-state index contributed by atoms with van der Waals surface area (Å²) in [6.07, 6.45) is 1.07. The number of hydrogen-bond donors (Lipinski definition) is 1. The number of hydrogen-bond acceptors (Lipinski definition) is 4. The Hall–Kier alpha value is -1.62. The maximum atomic E-state index is 10.9. The van der Waals surface area contributed by atoms with Crippen LogP contribution < -0.4 is 10.1 Å². The molecule has 1 aromatic rings. The third-order valence-electron chi connectivity index (χ3n) is 2.95. The van der Waals surface area contributed by atoms with Crippen LogP contribution >= 0.6 is 0 Å². The summed E-state index contributed by atoms with van der Waals surface area (Å²) >= 11 is 0. The Balaban J connectivity index is 2.06. The molecule has 0 saturated carbocycles. The van der Waals surface area contributed by atoms with Crippen LogP contribution in [0.1, 0.15) is 12.0 Å². The molecule has 0 amide bonds. The van der Waals surface area contributed by atoms with Crippen LogP contribution in [0.25, 0.3) is 0 Å². The number of nitrogens with zero attached hydrogens (tertiary/aromatic N) is 1. The van der Waals surface area contributed by atoms with E-state index in [2.05, 4.69) is 5.32 Å². The summed E-state index contributed by atoms with van der Waals surface area (Å²) in [5.41, 5.74) is 0.919. The van der Waals surface area contributed by atoms with Crippen molar-refractivity contribution < 1.29 is 9.66 Å². The first-order valence-electron chi connectivity index (χ1n) is 5.75. The Morgan fingerprint density at radius 3 is 3.06 bits per heavy atom. The first-order chi connectivity index (χ1) is 8.16. The van der Waals surface area contributed by atoms with Crippen molar-refractivity contribution >= 4 is 5.69 Å². The summed E-state index contributed by atoms with van der Waals surface area (Å²) in [6, 6.07) is 5.05. The molecule has 1 heterocycles. The fourth-order valence-corrected chi connectivity index (χ4v) is 1.96. The number of nitro groups is 1. The van der Waals surface area contributed by atoms with E-state index in [1.165, 1.54) is 0 Å². The number of benzene rings is 1. The van der Waals surface area contributed by atoms with E-state index in [1.807, 2.05) is 13.0 Å². The van der Waals surface area contributed by atoms with Gasteiger partial charge in [0.2, 0.25) is 0 Å². The Morgan fingerprint density at radius 2 is 2.41 bits per heavy atom. The van der Waals surface area contributed by atoms with Gasteiger partial charge >= 0.3 is 5.69 Å². The van der Waals surface area contributed by atoms with Crippen LogP contribution in [0.3, 0.4) is 0 Å². The van der Waals surface area contributed by atoms with E-state index in [-0.39, 0.29) is 5.69 Å². The van der Waals surface area contributed by atoms with Crippen molar-refractivity contribution in [2.45, 2.75) is 13.3 Å². The van der Waals surface area contributed by atoms with Crippen molar-refractivity contribution in [3.8, 4) is 5.75 Å². The largest absolute Gasteiger partial charge is 0.486 e. The van der Waals surface area contributed by atoms with Crippen molar-refractivity contribution in [1.29, 1.82) is 0 Å². The fourth-order valence-electron chi connectivity index (χ4n) is 1.96. The third-order valence-corrected chi connectivity index (χ3v) is 2.95. The van der Waals surface area contributed by atoms with E-state index >= 15 is 0 Å². The van der Waals surface area contributed by atoms with E-state index < -0.39 is 4.92 Å². The maximum Gasteiger partial charge on any atom is 0.311 e. The molecule has 1 atom stereocenters. The number of aryl methyl sites for hydroxylation is 1. The SMILES string of the molecule is Cc1ccc(OC[C@@H]2CCNC2)c([N+](=O)[O-])c1. The first-order valence-corrected chi connectivity index (χ1v) is 5.75.